The lowest BCUT2D eigenvalue weighted by Crippen LogP contribution is -3.00. The molecule has 11 nitrogen and oxygen atoms in total. The Hall–Kier alpha value is -2.69. The second-order valence-corrected chi connectivity index (χ2v) is 6.03. The lowest BCUT2D eigenvalue weighted by Gasteiger charge is -2.15. The summed E-state index contributed by atoms with van der Waals surface area (Å²) in [6.07, 6.45) is 0.242. The van der Waals surface area contributed by atoms with Gasteiger partial charge in [0.2, 0.25) is 11.9 Å². The van der Waals surface area contributed by atoms with Crippen LogP contribution in [0.2, 0.25) is 0 Å². The number of amides is 1. The Balaban J connectivity index is -0.000000352. The molecule has 28 heavy (non-hydrogen) atoms. The molecular weight excluding hydrogens is 390 g/mol. The van der Waals surface area contributed by atoms with Gasteiger partial charge in [0.15, 0.2) is 0 Å². The van der Waals surface area contributed by atoms with Gasteiger partial charge in [-0.1, -0.05) is 27.7 Å². The zero-order chi connectivity index (χ0) is 21.6. The minimum Gasteiger partial charge on any atom is -1.00 e. The normalized spacial score (nSPS) is 12.2. The number of nitrogens with one attached hydrogen (secondary N) is 3. The lowest BCUT2D eigenvalue weighted by molar-refractivity contribution is -0.471. The first-order valence-corrected chi connectivity index (χ1v) is 8.43. The molecule has 9 N–H and O–H groups in total. The van der Waals surface area contributed by atoms with Crippen molar-refractivity contribution >= 4 is 35.3 Å². The number of nitrogens with zero attached hydrogens (tertiary/aromatic N) is 1. The van der Waals surface area contributed by atoms with Crippen LogP contribution in [0, 0.1) is 17.2 Å². The summed E-state index contributed by atoms with van der Waals surface area (Å²) >= 11 is 0. The van der Waals surface area contributed by atoms with Gasteiger partial charge in [-0.3, -0.25) is 42.4 Å². The van der Waals surface area contributed by atoms with Crippen LogP contribution in [0.4, 0.5) is 0 Å². The maximum absolute atomic E-state index is 10.9. The fraction of sp³-hybridized carbons (Fsp3) is 0.625. The molecule has 162 valence electrons. The SMILES string of the molecule is CC(C)C1=NC(=N)NC(=O)C1.CCOC(=O)CC(=O)C(C)C.N[NH+]=C(N)N.[Cl-]. The van der Waals surface area contributed by atoms with Crippen LogP contribution >= 0.6 is 0 Å². The quantitative estimate of drug-likeness (QED) is 0.0636. The van der Waals surface area contributed by atoms with E-state index in [-0.39, 0.29) is 54.3 Å². The van der Waals surface area contributed by atoms with Crippen molar-refractivity contribution in [2.45, 2.75) is 47.5 Å². The van der Waals surface area contributed by atoms with E-state index in [1.807, 2.05) is 18.9 Å². The Morgan fingerprint density at radius 3 is 2.11 bits per heavy atom. The Bertz CT molecular complexity index is 586. The number of hydrazone groups is 1. The number of hydrogen-bond donors (Lipinski definition) is 6. The number of aliphatic imine (C=N–C) groups is 1. The number of halogens is 1. The highest BCUT2D eigenvalue weighted by Crippen LogP contribution is 2.05. The molecule has 0 fully saturated rings. The molecule has 0 aromatic carbocycles. The molecule has 1 amide bonds. The molecule has 0 bridgehead atoms. The number of esters is 1. The molecular formula is C16H32ClN7O4. The number of ether oxygens (including phenoxy) is 1. The smallest absolute Gasteiger partial charge is 0.360 e. The molecule has 0 aliphatic carbocycles. The maximum Gasteiger partial charge on any atom is 0.360 e. The van der Waals surface area contributed by atoms with Gasteiger partial charge in [-0.05, 0) is 12.8 Å². The number of rotatable bonds is 5. The van der Waals surface area contributed by atoms with Crippen molar-refractivity contribution in [3.8, 4) is 0 Å². The number of guanidine groups is 2. The Morgan fingerprint density at radius 1 is 1.29 bits per heavy atom. The van der Waals surface area contributed by atoms with E-state index in [2.05, 4.69) is 20.9 Å². The first kappa shape index (κ1) is 30.1. The molecule has 1 aliphatic heterocycles. The summed E-state index contributed by atoms with van der Waals surface area (Å²) in [5.74, 6) is 4.18. The van der Waals surface area contributed by atoms with Crippen molar-refractivity contribution < 1.29 is 36.6 Å². The fourth-order valence-corrected chi connectivity index (χ4v) is 1.44. The Labute approximate surface area is 171 Å². The predicted octanol–water partition coefficient (Wildman–Crippen LogP) is -5.08. The van der Waals surface area contributed by atoms with E-state index < -0.39 is 5.97 Å². The van der Waals surface area contributed by atoms with Gasteiger partial charge in [0.1, 0.15) is 12.2 Å². The third-order valence-corrected chi connectivity index (χ3v) is 2.96. The minimum atomic E-state index is -0.425. The number of carbonyl (C=O) groups is 3. The molecule has 0 aromatic heterocycles. The van der Waals surface area contributed by atoms with Crippen molar-refractivity contribution in [3.63, 3.8) is 0 Å². The molecule has 0 saturated heterocycles. The predicted molar refractivity (Wildman–Crippen MR) is 102 cm³/mol. The van der Waals surface area contributed by atoms with E-state index in [9.17, 15) is 14.4 Å². The second kappa shape index (κ2) is 16.5. The second-order valence-electron chi connectivity index (χ2n) is 6.03. The summed E-state index contributed by atoms with van der Waals surface area (Å²) in [7, 11) is 0. The number of carbonyl (C=O) groups excluding carboxylic acids is 3. The van der Waals surface area contributed by atoms with E-state index in [1.165, 1.54) is 0 Å². The molecule has 0 unspecified atom stereocenters. The number of Topliss-reactive ketones (excluding diaryl/α,β-unsaturated/α-hetero) is 1. The van der Waals surface area contributed by atoms with Crippen molar-refractivity contribution in [2.75, 3.05) is 6.61 Å². The monoisotopic (exact) mass is 421 g/mol. The van der Waals surface area contributed by atoms with Crippen LogP contribution in [0.25, 0.3) is 0 Å². The van der Waals surface area contributed by atoms with Crippen molar-refractivity contribution in [2.24, 2.45) is 34.1 Å². The van der Waals surface area contributed by atoms with Gasteiger partial charge in [0.25, 0.3) is 0 Å². The van der Waals surface area contributed by atoms with Gasteiger partial charge in [-0.15, -0.1) is 0 Å². The standard InChI is InChI=1S/C8H14O3.C7H11N3O.CH6N4.ClH/c1-4-11-8(10)5-7(9)6(2)3;1-4(2)5-3-6(11)10-7(8)9-5;2-1(3)5-4;/h6H,4-5H2,1-3H3;4H,3H2,1-2H3,(H2,8,10,11);4H2,(H4,2,3,5);1H. The number of hydrogen-bond acceptors (Lipinski definition) is 6. The highest BCUT2D eigenvalue weighted by atomic mass is 35.5. The number of hydrazine groups is 1. The van der Waals surface area contributed by atoms with Crippen LogP contribution in [0.15, 0.2) is 4.99 Å². The van der Waals surface area contributed by atoms with Crippen LogP contribution in [-0.4, -0.2) is 41.9 Å². The van der Waals surface area contributed by atoms with E-state index in [1.54, 1.807) is 20.8 Å². The largest absolute Gasteiger partial charge is 1.00 e. The molecule has 1 aliphatic rings. The molecule has 1 heterocycles. The molecule has 1 rings (SSSR count). The Morgan fingerprint density at radius 2 is 1.79 bits per heavy atom. The first-order chi connectivity index (χ1) is 12.4. The molecule has 0 aromatic rings. The van der Waals surface area contributed by atoms with E-state index >= 15 is 0 Å². The first-order valence-electron chi connectivity index (χ1n) is 8.43. The van der Waals surface area contributed by atoms with Crippen molar-refractivity contribution in [3.05, 3.63) is 0 Å². The summed E-state index contributed by atoms with van der Waals surface area (Å²) in [4.78, 5) is 36.4. The van der Waals surface area contributed by atoms with Gasteiger partial charge < -0.3 is 17.1 Å². The fourth-order valence-electron chi connectivity index (χ4n) is 1.44. The van der Waals surface area contributed by atoms with E-state index in [0.717, 1.165) is 5.71 Å². The van der Waals surface area contributed by atoms with Crippen LogP contribution in [0.1, 0.15) is 47.5 Å². The van der Waals surface area contributed by atoms with Crippen LogP contribution < -0.4 is 40.1 Å². The van der Waals surface area contributed by atoms with Gasteiger partial charge in [-0.2, -0.15) is 5.10 Å². The van der Waals surface area contributed by atoms with Crippen LogP contribution in [-0.2, 0) is 19.1 Å². The lowest BCUT2D eigenvalue weighted by atomic mass is 10.0. The number of nitrogens with two attached hydrogens (primary N) is 3. The number of ketones is 1. The summed E-state index contributed by atoms with van der Waals surface area (Å²) in [5, 5.41) is 11.4. The van der Waals surface area contributed by atoms with E-state index in [4.69, 9.17) is 16.9 Å². The highest BCUT2D eigenvalue weighted by Gasteiger charge is 2.17. The summed E-state index contributed by atoms with van der Waals surface area (Å²) in [5.41, 5.74) is 10.3. The zero-order valence-corrected chi connectivity index (χ0v) is 17.7. The van der Waals surface area contributed by atoms with Crippen molar-refractivity contribution in [1.82, 2.24) is 5.32 Å². The van der Waals surface area contributed by atoms with E-state index in [0.29, 0.717) is 13.0 Å². The van der Waals surface area contributed by atoms with Gasteiger partial charge >= 0.3 is 11.9 Å². The molecule has 12 heteroatoms. The molecule has 0 saturated carbocycles. The summed E-state index contributed by atoms with van der Waals surface area (Å²) < 4.78 is 4.60. The Kier molecular flexibility index (Phi) is 17.7. The summed E-state index contributed by atoms with van der Waals surface area (Å²) in [6.45, 7) is 9.51. The third kappa shape index (κ3) is 16.8. The zero-order valence-electron chi connectivity index (χ0n) is 17.0. The maximum atomic E-state index is 10.9. The minimum absolute atomic E-state index is 0. The summed E-state index contributed by atoms with van der Waals surface area (Å²) in [6, 6.07) is 0. The van der Waals surface area contributed by atoms with Crippen LogP contribution in [0.3, 0.4) is 0 Å². The molecule has 0 atom stereocenters. The highest BCUT2D eigenvalue weighted by molar-refractivity contribution is 6.15. The van der Waals surface area contributed by atoms with Gasteiger partial charge in [-0.25, -0.2) is 4.99 Å². The van der Waals surface area contributed by atoms with Crippen molar-refractivity contribution in [1.29, 1.82) is 5.41 Å². The topological polar surface area (TPSA) is 201 Å². The van der Waals surface area contributed by atoms with Gasteiger partial charge in [0, 0.05) is 11.6 Å². The van der Waals surface area contributed by atoms with Gasteiger partial charge in [0.05, 0.1) is 13.0 Å². The average Bonchev–Trinajstić information content (AvgIpc) is 2.55. The van der Waals surface area contributed by atoms with Crippen LogP contribution in [0.5, 0.6) is 0 Å². The molecule has 0 radical (unpaired) electrons. The average molecular weight is 422 g/mol. The third-order valence-electron chi connectivity index (χ3n) is 2.96. The molecule has 0 spiro atoms.